The lowest BCUT2D eigenvalue weighted by atomic mass is 9.98. The van der Waals surface area contributed by atoms with Crippen LogP contribution in [0.5, 0.6) is 0 Å². The van der Waals surface area contributed by atoms with Crippen molar-refractivity contribution in [3.63, 3.8) is 0 Å². The second-order valence-corrected chi connectivity index (χ2v) is 12.7. The van der Waals surface area contributed by atoms with Crippen LogP contribution in [0.15, 0.2) is 58.6 Å². The summed E-state index contributed by atoms with van der Waals surface area (Å²) in [5.41, 5.74) is 0.739. The number of hydrogen-bond donors (Lipinski definition) is 1. The first-order valence-electron chi connectivity index (χ1n) is 10.6. The lowest BCUT2D eigenvalue weighted by molar-refractivity contribution is -0.120. The van der Waals surface area contributed by atoms with Gasteiger partial charge in [0.1, 0.15) is 4.90 Å². The minimum Gasteiger partial charge on any atom is -0.356 e. The maximum Gasteiger partial charge on any atom is 0.244 e. The number of nitrogens with one attached hydrogen (secondary N) is 1. The van der Waals surface area contributed by atoms with Gasteiger partial charge in [0.25, 0.3) is 0 Å². The van der Waals surface area contributed by atoms with Gasteiger partial charge in [-0.15, -0.1) is 0 Å². The molecule has 1 aromatic heterocycles. The van der Waals surface area contributed by atoms with Crippen LogP contribution in [0.1, 0.15) is 32.3 Å². The fraction of sp³-hybridized carbons (Fsp3) is 0.455. The Morgan fingerprint density at radius 1 is 1.06 bits per heavy atom. The highest BCUT2D eigenvalue weighted by molar-refractivity contribution is 7.92. The van der Waals surface area contributed by atoms with E-state index in [2.05, 4.69) is 10.3 Å². The molecule has 1 fully saturated rings. The molecule has 8 nitrogen and oxygen atoms in total. The standard InChI is InChI=1S/C22H29N3O5S2/c1-17(2)31(27,28)20-7-5-18(6-8-20)14-22(26)24-15-19-9-12-25(13-10-19)32(29,30)21-4-3-11-23-16-21/h3-8,11,16-17,19H,9-10,12-15H2,1-2H3,(H,24,26). The van der Waals surface area contributed by atoms with Crippen LogP contribution in [-0.4, -0.2) is 56.9 Å². The lowest BCUT2D eigenvalue weighted by Crippen LogP contribution is -2.41. The highest BCUT2D eigenvalue weighted by atomic mass is 32.2. The zero-order valence-electron chi connectivity index (χ0n) is 18.3. The SMILES string of the molecule is CC(C)S(=O)(=O)c1ccc(CC(=O)NCC2CCN(S(=O)(=O)c3cccnc3)CC2)cc1. The van der Waals surface area contributed by atoms with Crippen molar-refractivity contribution in [2.24, 2.45) is 5.92 Å². The van der Waals surface area contributed by atoms with Gasteiger partial charge in [-0.3, -0.25) is 9.78 Å². The summed E-state index contributed by atoms with van der Waals surface area (Å²) in [6, 6.07) is 9.55. The van der Waals surface area contributed by atoms with E-state index in [1.165, 1.54) is 28.8 Å². The Morgan fingerprint density at radius 2 is 1.72 bits per heavy atom. The molecular weight excluding hydrogens is 450 g/mol. The minimum absolute atomic E-state index is 0.144. The number of sulfone groups is 1. The Bertz CT molecular complexity index is 1120. The molecule has 2 aromatic rings. The summed E-state index contributed by atoms with van der Waals surface area (Å²) in [7, 11) is -6.87. The number of benzene rings is 1. The summed E-state index contributed by atoms with van der Waals surface area (Å²) in [5, 5.41) is 2.42. The second kappa shape index (κ2) is 10.1. The average Bonchev–Trinajstić information content (AvgIpc) is 2.79. The third-order valence-electron chi connectivity index (χ3n) is 5.67. The number of aromatic nitrogens is 1. The number of carbonyl (C=O) groups is 1. The number of hydrogen-bond acceptors (Lipinski definition) is 6. The number of nitrogens with zero attached hydrogens (tertiary/aromatic N) is 2. The number of pyridine rings is 1. The van der Waals surface area contributed by atoms with Crippen LogP contribution in [0.25, 0.3) is 0 Å². The first-order valence-corrected chi connectivity index (χ1v) is 13.6. The smallest absolute Gasteiger partial charge is 0.244 e. The summed E-state index contributed by atoms with van der Waals surface area (Å²) in [6.45, 7) is 4.57. The summed E-state index contributed by atoms with van der Waals surface area (Å²) in [5.74, 6) is 0.0627. The number of piperidine rings is 1. The molecule has 0 saturated carbocycles. The Balaban J connectivity index is 1.46. The molecule has 1 amide bonds. The zero-order valence-corrected chi connectivity index (χ0v) is 19.9. The maximum absolute atomic E-state index is 12.7. The Labute approximate surface area is 190 Å². The van der Waals surface area contributed by atoms with E-state index < -0.39 is 25.1 Å². The van der Waals surface area contributed by atoms with E-state index in [0.717, 1.165) is 5.56 Å². The predicted molar refractivity (Wildman–Crippen MR) is 121 cm³/mol. The minimum atomic E-state index is -3.54. The van der Waals surface area contributed by atoms with Crippen molar-refractivity contribution in [2.45, 2.75) is 48.2 Å². The maximum atomic E-state index is 12.7. The molecule has 2 heterocycles. The highest BCUT2D eigenvalue weighted by Crippen LogP contribution is 2.23. The van der Waals surface area contributed by atoms with Crippen molar-refractivity contribution >= 4 is 25.8 Å². The number of rotatable bonds is 8. The van der Waals surface area contributed by atoms with Gasteiger partial charge in [-0.2, -0.15) is 4.31 Å². The summed E-state index contributed by atoms with van der Waals surface area (Å²) >= 11 is 0. The largest absolute Gasteiger partial charge is 0.356 e. The van der Waals surface area contributed by atoms with Crippen LogP contribution in [-0.2, 0) is 31.1 Å². The van der Waals surface area contributed by atoms with E-state index in [9.17, 15) is 21.6 Å². The van der Waals surface area contributed by atoms with Crippen molar-refractivity contribution < 1.29 is 21.6 Å². The molecule has 1 aliphatic rings. The van der Waals surface area contributed by atoms with Gasteiger partial charge in [0.2, 0.25) is 15.9 Å². The van der Waals surface area contributed by atoms with Gasteiger partial charge in [-0.05, 0) is 62.4 Å². The second-order valence-electron chi connectivity index (χ2n) is 8.25. The monoisotopic (exact) mass is 479 g/mol. The normalized spacial score (nSPS) is 16.2. The van der Waals surface area contributed by atoms with Crippen molar-refractivity contribution in [3.05, 3.63) is 54.4 Å². The van der Waals surface area contributed by atoms with Gasteiger partial charge >= 0.3 is 0 Å². The number of sulfonamides is 1. The fourth-order valence-electron chi connectivity index (χ4n) is 3.58. The average molecular weight is 480 g/mol. The first-order chi connectivity index (χ1) is 15.1. The van der Waals surface area contributed by atoms with Crippen LogP contribution >= 0.6 is 0 Å². The molecule has 0 radical (unpaired) electrons. The Kier molecular flexibility index (Phi) is 7.68. The fourth-order valence-corrected chi connectivity index (χ4v) is 6.07. The van der Waals surface area contributed by atoms with Gasteiger partial charge in [-0.1, -0.05) is 12.1 Å². The number of carbonyl (C=O) groups excluding carboxylic acids is 1. The topological polar surface area (TPSA) is 114 Å². The molecule has 32 heavy (non-hydrogen) atoms. The van der Waals surface area contributed by atoms with Crippen LogP contribution in [0.4, 0.5) is 0 Å². The molecule has 0 bridgehead atoms. The third kappa shape index (κ3) is 5.73. The molecule has 1 N–H and O–H groups in total. The van der Waals surface area contributed by atoms with Crippen molar-refractivity contribution in [1.82, 2.24) is 14.6 Å². The van der Waals surface area contributed by atoms with Gasteiger partial charge in [0.15, 0.2) is 9.84 Å². The van der Waals surface area contributed by atoms with Crippen LogP contribution < -0.4 is 5.32 Å². The molecule has 10 heteroatoms. The van der Waals surface area contributed by atoms with Gasteiger partial charge in [0.05, 0.1) is 16.6 Å². The summed E-state index contributed by atoms with van der Waals surface area (Å²) in [4.78, 5) is 16.6. The molecule has 0 aliphatic carbocycles. The van der Waals surface area contributed by atoms with Crippen molar-refractivity contribution in [1.29, 1.82) is 0 Å². The van der Waals surface area contributed by atoms with Gasteiger partial charge in [-0.25, -0.2) is 16.8 Å². The van der Waals surface area contributed by atoms with E-state index in [1.54, 1.807) is 38.1 Å². The van der Waals surface area contributed by atoms with Crippen LogP contribution in [0.3, 0.4) is 0 Å². The molecule has 0 unspecified atom stereocenters. The molecule has 3 rings (SSSR count). The predicted octanol–water partition coefficient (Wildman–Crippen LogP) is 2.02. The molecular formula is C22H29N3O5S2. The van der Waals surface area contributed by atoms with E-state index >= 15 is 0 Å². The molecule has 1 aliphatic heterocycles. The quantitative estimate of drug-likeness (QED) is 0.620. The lowest BCUT2D eigenvalue weighted by Gasteiger charge is -2.31. The molecule has 174 valence electrons. The van der Waals surface area contributed by atoms with E-state index in [0.29, 0.717) is 32.5 Å². The van der Waals surface area contributed by atoms with Gasteiger partial charge < -0.3 is 5.32 Å². The van der Waals surface area contributed by atoms with Crippen LogP contribution in [0, 0.1) is 5.92 Å². The van der Waals surface area contributed by atoms with Gasteiger partial charge in [0, 0.05) is 32.0 Å². The molecule has 0 atom stereocenters. The number of amides is 1. The molecule has 0 spiro atoms. The first kappa shape index (κ1) is 24.3. The Morgan fingerprint density at radius 3 is 2.28 bits per heavy atom. The highest BCUT2D eigenvalue weighted by Gasteiger charge is 2.29. The molecule has 1 aromatic carbocycles. The summed E-state index contributed by atoms with van der Waals surface area (Å²) in [6.07, 6.45) is 4.39. The van der Waals surface area contributed by atoms with Crippen molar-refractivity contribution in [3.8, 4) is 0 Å². The van der Waals surface area contributed by atoms with E-state index in [1.807, 2.05) is 0 Å². The van der Waals surface area contributed by atoms with Crippen LogP contribution in [0.2, 0.25) is 0 Å². The van der Waals surface area contributed by atoms with Crippen molar-refractivity contribution in [2.75, 3.05) is 19.6 Å². The molecule has 1 saturated heterocycles. The summed E-state index contributed by atoms with van der Waals surface area (Å²) < 4.78 is 51.2. The zero-order chi connectivity index (χ0) is 23.4. The van der Waals surface area contributed by atoms with E-state index in [-0.39, 0.29) is 28.0 Å². The Hall–Kier alpha value is -2.30. The third-order valence-corrected chi connectivity index (χ3v) is 9.72. The van der Waals surface area contributed by atoms with E-state index in [4.69, 9.17) is 0 Å².